The zero-order chi connectivity index (χ0) is 54.1. The summed E-state index contributed by atoms with van der Waals surface area (Å²) < 4.78 is 0. The van der Waals surface area contributed by atoms with E-state index in [0.717, 1.165) is 27.5 Å². The van der Waals surface area contributed by atoms with Crippen molar-refractivity contribution in [1.29, 1.82) is 0 Å². The lowest BCUT2D eigenvalue weighted by Gasteiger charge is -2.31. The summed E-state index contributed by atoms with van der Waals surface area (Å²) in [6.45, 7) is 12.6. The molecule has 0 radical (unpaired) electrons. The second kappa shape index (κ2) is 27.8. The molecule has 0 spiro atoms. The van der Waals surface area contributed by atoms with Crippen LogP contribution in [0.1, 0.15) is 97.3 Å². The third-order valence-corrected chi connectivity index (χ3v) is 13.2. The predicted molar refractivity (Wildman–Crippen MR) is 284 cm³/mol. The molecule has 0 saturated carbocycles. The molecular formula is C57H76N8O9. The lowest BCUT2D eigenvalue weighted by atomic mass is 9.95. The first-order chi connectivity index (χ1) is 35.2. The Balaban J connectivity index is 1.28. The van der Waals surface area contributed by atoms with Gasteiger partial charge in [0.2, 0.25) is 47.3 Å². The number of nitrogens with zero attached hydrogens (tertiary/aromatic N) is 1. The first kappa shape index (κ1) is 57.8. The summed E-state index contributed by atoms with van der Waals surface area (Å²) in [5, 5.41) is 30.3. The topological polar surface area (TPSA) is 258 Å². The molecule has 4 aromatic rings. The van der Waals surface area contributed by atoms with Gasteiger partial charge in [-0.3, -0.25) is 38.4 Å². The average molecular weight is 1020 g/mol. The van der Waals surface area contributed by atoms with Crippen LogP contribution in [0.15, 0.2) is 103 Å². The van der Waals surface area contributed by atoms with Gasteiger partial charge in [-0.1, -0.05) is 145 Å². The number of aliphatic hydroxyl groups excluding tert-OH is 1. The molecule has 1 fully saturated rings. The second-order valence-electron chi connectivity index (χ2n) is 20.7. The summed E-state index contributed by atoms with van der Waals surface area (Å²) in [7, 11) is 0. The fourth-order valence-corrected chi connectivity index (χ4v) is 9.48. The summed E-state index contributed by atoms with van der Waals surface area (Å²) in [6.07, 6.45) is -0.188. The van der Waals surface area contributed by atoms with Crippen LogP contribution >= 0.6 is 0 Å². The number of rotatable bonds is 26. The highest BCUT2D eigenvalue weighted by Crippen LogP contribution is 2.24. The quantitative estimate of drug-likeness (QED) is 0.0455. The molecule has 0 bridgehead atoms. The molecule has 17 heteroatoms. The van der Waals surface area contributed by atoms with Gasteiger partial charge in [0, 0.05) is 32.7 Å². The summed E-state index contributed by atoms with van der Waals surface area (Å²) in [5.74, 6) is -5.25. The minimum atomic E-state index is -1.41. The maximum atomic E-state index is 14.5. The van der Waals surface area contributed by atoms with Crippen LogP contribution in [0.2, 0.25) is 0 Å². The zero-order valence-corrected chi connectivity index (χ0v) is 43.8. The number of nitrogens with two attached hydrogens (primary N) is 1. The van der Waals surface area contributed by atoms with Crippen molar-refractivity contribution in [2.45, 2.75) is 148 Å². The first-order valence-electron chi connectivity index (χ1n) is 25.8. The molecule has 398 valence electrons. The number of likely N-dealkylation sites (tertiary alicyclic amines) is 1. The molecule has 4 aromatic carbocycles. The molecule has 0 aliphatic carbocycles. The third-order valence-electron chi connectivity index (χ3n) is 13.2. The van der Waals surface area contributed by atoms with Gasteiger partial charge in [-0.05, 0) is 70.9 Å². The maximum absolute atomic E-state index is 14.5. The van der Waals surface area contributed by atoms with Gasteiger partial charge >= 0.3 is 0 Å². The van der Waals surface area contributed by atoms with Crippen LogP contribution in [0.5, 0.6) is 0 Å². The van der Waals surface area contributed by atoms with E-state index in [4.69, 9.17) is 5.73 Å². The Bertz CT molecular complexity index is 2550. The zero-order valence-electron chi connectivity index (χ0n) is 43.8. The Kier molecular flexibility index (Phi) is 21.7. The number of aliphatic hydroxyl groups is 1. The number of hydrogen-bond donors (Lipinski definition) is 8. The van der Waals surface area contributed by atoms with Crippen LogP contribution in [-0.4, -0.2) is 112 Å². The molecule has 1 heterocycles. The van der Waals surface area contributed by atoms with Crippen molar-refractivity contribution in [3.05, 3.63) is 120 Å². The molecule has 17 nitrogen and oxygen atoms in total. The summed E-state index contributed by atoms with van der Waals surface area (Å²) in [5.41, 5.74) is 8.03. The average Bonchev–Trinajstić information content (AvgIpc) is 3.85. The molecule has 8 atom stereocenters. The molecule has 1 aliphatic rings. The van der Waals surface area contributed by atoms with Crippen molar-refractivity contribution >= 4 is 58.0 Å². The molecule has 8 amide bonds. The van der Waals surface area contributed by atoms with E-state index < -0.39 is 108 Å². The number of primary amides is 1. The Hall–Kier alpha value is -7.14. The number of amides is 8. The van der Waals surface area contributed by atoms with Crippen LogP contribution in [0.25, 0.3) is 10.8 Å². The van der Waals surface area contributed by atoms with Crippen LogP contribution in [0.4, 0.5) is 0 Å². The summed E-state index contributed by atoms with van der Waals surface area (Å²) >= 11 is 0. The number of carbonyl (C=O) groups excluding carboxylic acids is 8. The van der Waals surface area contributed by atoms with Gasteiger partial charge in [-0.2, -0.15) is 0 Å². The molecule has 5 rings (SSSR count). The fourth-order valence-electron chi connectivity index (χ4n) is 9.48. The van der Waals surface area contributed by atoms with Crippen molar-refractivity contribution in [2.75, 3.05) is 6.54 Å². The lowest BCUT2D eigenvalue weighted by Crippen LogP contribution is -2.60. The number of carbonyl (C=O) groups is 8. The van der Waals surface area contributed by atoms with E-state index in [1.54, 1.807) is 38.1 Å². The summed E-state index contributed by atoms with van der Waals surface area (Å²) in [4.78, 5) is 111. The Labute approximate surface area is 434 Å². The standard InChI is InChI=1S/C57H76N8O9/c1-34(2)28-43(49(67)33-50(68)60-45(29-35(3)4)53(70)62-44(52(58)69)30-38-18-10-8-11-19-38)61-56(73)51(36(5)6)64-54(71)46(31-39-20-12-9-13-21-39)63-55(72)48-26-17-27-65(48)57(74)47(59-37(7)66)32-41-24-16-23-40-22-14-15-25-42(40)41/h8-16,18-25,34-36,43-49,51,67H,17,26-33H2,1-7H3,(H2,58,69)(H,59,66)(H,60,68)(H,61,73)(H,62,70)(H,63,72)(H,64,71)/t43-,44-,45-,46-,47-,48+,49-,51-/m0/s1. The van der Waals surface area contributed by atoms with E-state index in [1.807, 2.05) is 107 Å². The number of hydrogen-bond acceptors (Lipinski definition) is 9. The van der Waals surface area contributed by atoms with E-state index in [1.165, 1.54) is 11.8 Å². The Morgan fingerprint density at radius 3 is 1.78 bits per heavy atom. The summed E-state index contributed by atoms with van der Waals surface area (Å²) in [6, 6.07) is 24.3. The van der Waals surface area contributed by atoms with E-state index in [-0.39, 0.29) is 50.5 Å². The monoisotopic (exact) mass is 1020 g/mol. The second-order valence-corrected chi connectivity index (χ2v) is 20.7. The highest BCUT2D eigenvalue weighted by molar-refractivity contribution is 5.97. The molecule has 74 heavy (non-hydrogen) atoms. The largest absolute Gasteiger partial charge is 0.390 e. The highest BCUT2D eigenvalue weighted by Gasteiger charge is 2.40. The van der Waals surface area contributed by atoms with Crippen LogP contribution < -0.4 is 37.6 Å². The Morgan fingerprint density at radius 1 is 0.608 bits per heavy atom. The lowest BCUT2D eigenvalue weighted by molar-refractivity contribution is -0.142. The van der Waals surface area contributed by atoms with E-state index in [0.29, 0.717) is 12.8 Å². The van der Waals surface area contributed by atoms with Gasteiger partial charge in [-0.25, -0.2) is 0 Å². The van der Waals surface area contributed by atoms with Crippen molar-refractivity contribution in [2.24, 2.45) is 23.5 Å². The smallest absolute Gasteiger partial charge is 0.246 e. The highest BCUT2D eigenvalue weighted by atomic mass is 16.3. The number of fused-ring (bicyclic) bond motifs is 1. The van der Waals surface area contributed by atoms with Crippen LogP contribution in [0, 0.1) is 17.8 Å². The minimum Gasteiger partial charge on any atom is -0.390 e. The molecule has 0 unspecified atom stereocenters. The van der Waals surface area contributed by atoms with Crippen LogP contribution in [0.3, 0.4) is 0 Å². The molecule has 0 aromatic heterocycles. The van der Waals surface area contributed by atoms with Gasteiger partial charge in [-0.15, -0.1) is 0 Å². The van der Waals surface area contributed by atoms with Crippen molar-refractivity contribution in [3.8, 4) is 0 Å². The van der Waals surface area contributed by atoms with E-state index in [2.05, 4.69) is 31.9 Å². The van der Waals surface area contributed by atoms with Crippen LogP contribution in [-0.2, 0) is 57.6 Å². The number of benzene rings is 4. The normalized spacial score (nSPS) is 16.3. The van der Waals surface area contributed by atoms with Crippen molar-refractivity contribution < 1.29 is 43.5 Å². The fraction of sp³-hybridized carbons (Fsp3) is 0.474. The number of nitrogens with one attached hydrogen (secondary N) is 6. The Morgan fingerprint density at radius 2 is 1.19 bits per heavy atom. The van der Waals surface area contributed by atoms with Gasteiger partial charge in [0.15, 0.2) is 0 Å². The van der Waals surface area contributed by atoms with Gasteiger partial charge in [0.1, 0.15) is 36.3 Å². The van der Waals surface area contributed by atoms with E-state index in [9.17, 15) is 43.5 Å². The van der Waals surface area contributed by atoms with Gasteiger partial charge in [0.25, 0.3) is 0 Å². The van der Waals surface area contributed by atoms with Gasteiger partial charge < -0.3 is 47.6 Å². The van der Waals surface area contributed by atoms with Crippen molar-refractivity contribution in [3.63, 3.8) is 0 Å². The molecule has 1 saturated heterocycles. The SMILES string of the molecule is CC(=O)N[C@@H](Cc1cccc2ccccc12)C(=O)N1CCC[C@@H]1C(=O)N[C@@H](Cc1ccccc1)C(=O)N[C@H](C(=O)N[C@@H](CC(C)C)[C@@H](O)CC(=O)N[C@@H](CC(C)C)C(=O)N[C@@H](Cc1ccccc1)C(N)=O)C(C)C. The van der Waals surface area contributed by atoms with E-state index >= 15 is 0 Å². The predicted octanol–water partition coefficient (Wildman–Crippen LogP) is 3.77. The molecular weight excluding hydrogens is 941 g/mol. The van der Waals surface area contributed by atoms with Gasteiger partial charge in [0.05, 0.1) is 18.6 Å². The maximum Gasteiger partial charge on any atom is 0.246 e. The third kappa shape index (κ3) is 17.2. The molecule has 1 aliphatic heterocycles. The molecule has 9 N–H and O–H groups in total. The minimum absolute atomic E-state index is 0.0451. The van der Waals surface area contributed by atoms with Crippen molar-refractivity contribution in [1.82, 2.24) is 36.8 Å². The first-order valence-corrected chi connectivity index (χ1v) is 25.8.